The van der Waals surface area contributed by atoms with E-state index in [1.807, 2.05) is 19.1 Å². The number of nitrogens with zero attached hydrogens (tertiary/aromatic N) is 3. The number of carbonyl (C=O) groups is 4. The Morgan fingerprint density at radius 3 is 2.42 bits per heavy atom. The summed E-state index contributed by atoms with van der Waals surface area (Å²) < 4.78 is 52.5. The van der Waals surface area contributed by atoms with Crippen molar-refractivity contribution in [3.8, 4) is 11.5 Å². The van der Waals surface area contributed by atoms with E-state index >= 15 is 0 Å². The quantitative estimate of drug-likeness (QED) is 0.268. The first-order valence-electron chi connectivity index (χ1n) is 18.8. The number of rotatable bonds is 12. The molecule has 4 amide bonds. The second-order valence-electron chi connectivity index (χ2n) is 15.8. The average Bonchev–Trinajstić information content (AvgIpc) is 3.41. The second kappa shape index (κ2) is 15.9. The smallest absolute Gasteiger partial charge is 0.408 e. The zero-order chi connectivity index (χ0) is 39.7. The molecule has 4 aliphatic rings. The number of alkyl carbamates (subject to hydrolysis) is 1. The number of pyridine rings is 1. The molecule has 2 aromatic rings. The van der Waals surface area contributed by atoms with Gasteiger partial charge in [0.25, 0.3) is 5.91 Å². The lowest BCUT2D eigenvalue weighted by molar-refractivity contribution is -0.143. The largest absolute Gasteiger partial charge is 0.496 e. The molecule has 1 aromatic carbocycles. The Balaban J connectivity index is 1.27. The van der Waals surface area contributed by atoms with Crippen LogP contribution in [0.2, 0.25) is 0 Å². The van der Waals surface area contributed by atoms with Crippen molar-refractivity contribution in [1.82, 2.24) is 29.5 Å². The zero-order valence-corrected chi connectivity index (χ0v) is 32.9. The number of aromatic nitrogens is 1. The molecule has 0 spiro atoms. The highest BCUT2D eigenvalue weighted by molar-refractivity contribution is 7.87. The van der Waals surface area contributed by atoms with Crippen molar-refractivity contribution >= 4 is 44.9 Å². The molecular formula is C38H52N6O10S. The van der Waals surface area contributed by atoms with E-state index in [0.717, 1.165) is 35.6 Å². The molecule has 2 aliphatic heterocycles. The monoisotopic (exact) mass is 784 g/mol. The van der Waals surface area contributed by atoms with Gasteiger partial charge in [-0.15, -0.1) is 6.58 Å². The van der Waals surface area contributed by atoms with Gasteiger partial charge in [0.1, 0.15) is 41.3 Å². The summed E-state index contributed by atoms with van der Waals surface area (Å²) in [5.41, 5.74) is -0.937. The lowest BCUT2D eigenvalue weighted by Gasteiger charge is -2.35. The van der Waals surface area contributed by atoms with Gasteiger partial charge in [0, 0.05) is 42.6 Å². The number of fused-ring (bicyclic) bond motifs is 1. The molecule has 3 heterocycles. The highest BCUT2D eigenvalue weighted by Gasteiger charge is 2.62. The third-order valence-corrected chi connectivity index (χ3v) is 12.5. The first-order chi connectivity index (χ1) is 26.1. The summed E-state index contributed by atoms with van der Waals surface area (Å²) in [7, 11) is -2.66. The van der Waals surface area contributed by atoms with Crippen LogP contribution in [-0.4, -0.2) is 116 Å². The standard InChI is InChI=1S/C38H52N6O10S/c1-7-24-21-38(24,35(47)42-55(49,50)43-16-18-52-19-17-43)41-33(45)28-20-26(53-30-14-15-39-31-23(2)29(51-6)13-12-27(30)31)22-44(28)34(46)32(37(3,4)5)40-36(48)54-25-10-8-9-11-25/h7,12-15,24-26,28,32H,1,8-11,16-22H2,2-6H3,(H,40,48)(H,41,45)(H,42,47)/t24-,26-,28+,32-,38-/m1/s1. The number of nitrogens with one attached hydrogen (secondary N) is 3. The first kappa shape index (κ1) is 40.2. The maximum atomic E-state index is 14.6. The molecule has 16 nitrogen and oxygen atoms in total. The molecule has 2 saturated heterocycles. The van der Waals surface area contributed by atoms with Gasteiger partial charge < -0.3 is 34.5 Å². The summed E-state index contributed by atoms with van der Waals surface area (Å²) in [6.45, 7) is 11.6. The predicted octanol–water partition coefficient (Wildman–Crippen LogP) is 2.74. The van der Waals surface area contributed by atoms with Crippen LogP contribution in [-0.2, 0) is 34.1 Å². The average molecular weight is 785 g/mol. The molecule has 55 heavy (non-hydrogen) atoms. The van der Waals surface area contributed by atoms with Gasteiger partial charge in [-0.1, -0.05) is 26.8 Å². The minimum Gasteiger partial charge on any atom is -0.496 e. The van der Waals surface area contributed by atoms with Crippen LogP contribution in [0.3, 0.4) is 0 Å². The summed E-state index contributed by atoms with van der Waals surface area (Å²) in [6.07, 6.45) is 5.01. The molecule has 0 bridgehead atoms. The fourth-order valence-corrected chi connectivity index (χ4v) is 8.89. The molecule has 2 saturated carbocycles. The van der Waals surface area contributed by atoms with Gasteiger partial charge in [-0.2, -0.15) is 12.7 Å². The molecular weight excluding hydrogens is 733 g/mol. The SMILES string of the molecule is C=C[C@@H]1C[C@]1(NC(=O)[C@@H]1C[C@@H](Oc2ccnc3c(C)c(OC)ccc23)CN1C(=O)[C@@H](NC(=O)OC1CCCC1)C(C)(C)C)C(=O)NS(=O)(=O)N1CCOCC1. The Morgan fingerprint density at radius 2 is 1.78 bits per heavy atom. The van der Waals surface area contributed by atoms with E-state index in [0.29, 0.717) is 22.4 Å². The molecule has 300 valence electrons. The molecule has 5 atom stereocenters. The number of morpholine rings is 1. The number of ether oxygens (including phenoxy) is 4. The molecule has 1 aromatic heterocycles. The molecule has 17 heteroatoms. The fourth-order valence-electron chi connectivity index (χ4n) is 7.72. The fraction of sp³-hybridized carbons (Fsp3) is 0.605. The third-order valence-electron chi connectivity index (χ3n) is 11.0. The Labute approximate surface area is 321 Å². The summed E-state index contributed by atoms with van der Waals surface area (Å²) in [6, 6.07) is 3.10. The number of aryl methyl sites for hydroxylation is 1. The van der Waals surface area contributed by atoms with E-state index < -0.39 is 69.1 Å². The van der Waals surface area contributed by atoms with E-state index in [9.17, 15) is 27.6 Å². The van der Waals surface area contributed by atoms with Gasteiger partial charge >= 0.3 is 16.3 Å². The molecule has 2 aliphatic carbocycles. The molecule has 4 fully saturated rings. The summed E-state index contributed by atoms with van der Waals surface area (Å²) in [4.78, 5) is 61.8. The van der Waals surface area contributed by atoms with Gasteiger partial charge in [-0.3, -0.25) is 19.4 Å². The number of methoxy groups -OCH3 is 1. The van der Waals surface area contributed by atoms with E-state index in [1.54, 1.807) is 40.1 Å². The van der Waals surface area contributed by atoms with Gasteiger partial charge in [0.2, 0.25) is 11.8 Å². The highest BCUT2D eigenvalue weighted by Crippen LogP contribution is 2.45. The first-order valence-corrected chi connectivity index (χ1v) is 20.2. The molecule has 0 radical (unpaired) electrons. The normalized spacial score (nSPS) is 25.2. The number of carbonyl (C=O) groups excluding carboxylic acids is 4. The number of amides is 4. The number of benzene rings is 1. The van der Waals surface area contributed by atoms with Crippen LogP contribution in [0.4, 0.5) is 4.79 Å². The van der Waals surface area contributed by atoms with E-state index in [1.165, 1.54) is 11.0 Å². The van der Waals surface area contributed by atoms with Gasteiger partial charge in [-0.05, 0) is 62.6 Å². The van der Waals surface area contributed by atoms with Crippen LogP contribution < -0.4 is 24.8 Å². The van der Waals surface area contributed by atoms with Crippen LogP contribution >= 0.6 is 0 Å². The topological polar surface area (TPSA) is 195 Å². The van der Waals surface area contributed by atoms with Crippen molar-refractivity contribution in [1.29, 1.82) is 0 Å². The Bertz CT molecular complexity index is 1920. The van der Waals surface area contributed by atoms with Crippen molar-refractivity contribution in [2.45, 2.75) is 96.1 Å². The zero-order valence-electron chi connectivity index (χ0n) is 32.1. The van der Waals surface area contributed by atoms with Crippen molar-refractivity contribution in [2.75, 3.05) is 40.0 Å². The summed E-state index contributed by atoms with van der Waals surface area (Å²) in [5.74, 6) is -1.54. The maximum Gasteiger partial charge on any atom is 0.408 e. The highest BCUT2D eigenvalue weighted by atomic mass is 32.2. The maximum absolute atomic E-state index is 14.6. The molecule has 6 rings (SSSR count). The van der Waals surface area contributed by atoms with Gasteiger partial charge in [0.05, 0.1) is 32.4 Å². The van der Waals surface area contributed by atoms with Crippen LogP contribution in [0.15, 0.2) is 37.1 Å². The summed E-state index contributed by atoms with van der Waals surface area (Å²) >= 11 is 0. The van der Waals surface area contributed by atoms with Crippen molar-refractivity contribution in [2.24, 2.45) is 11.3 Å². The number of likely N-dealkylation sites (tertiary alicyclic amines) is 1. The van der Waals surface area contributed by atoms with Crippen LogP contribution in [0, 0.1) is 18.3 Å². The minimum absolute atomic E-state index is 0.0302. The van der Waals surface area contributed by atoms with Gasteiger partial charge in [0.15, 0.2) is 0 Å². The number of hydrogen-bond donors (Lipinski definition) is 3. The minimum atomic E-state index is -4.23. The van der Waals surface area contributed by atoms with Crippen molar-refractivity contribution in [3.63, 3.8) is 0 Å². The third kappa shape index (κ3) is 8.53. The molecule has 0 unspecified atom stereocenters. The lowest BCUT2D eigenvalue weighted by atomic mass is 9.85. The van der Waals surface area contributed by atoms with Gasteiger partial charge in [-0.25, -0.2) is 9.52 Å². The predicted molar refractivity (Wildman–Crippen MR) is 201 cm³/mol. The lowest BCUT2D eigenvalue weighted by Crippen LogP contribution is -2.60. The summed E-state index contributed by atoms with van der Waals surface area (Å²) in [5, 5.41) is 6.29. The van der Waals surface area contributed by atoms with Crippen molar-refractivity contribution < 1.29 is 46.5 Å². The van der Waals surface area contributed by atoms with Crippen molar-refractivity contribution in [3.05, 3.63) is 42.6 Å². The Kier molecular flexibility index (Phi) is 11.6. The number of hydrogen-bond acceptors (Lipinski definition) is 11. The van der Waals surface area contributed by atoms with Crippen LogP contribution in [0.25, 0.3) is 10.9 Å². The molecule has 3 N–H and O–H groups in total. The van der Waals surface area contributed by atoms with E-state index in [-0.39, 0.29) is 51.8 Å². The Morgan fingerprint density at radius 1 is 1.07 bits per heavy atom. The van der Waals surface area contributed by atoms with Crippen LogP contribution in [0.5, 0.6) is 11.5 Å². The second-order valence-corrected chi connectivity index (χ2v) is 17.5. The van der Waals surface area contributed by atoms with E-state index in [2.05, 4.69) is 26.9 Å². The van der Waals surface area contributed by atoms with E-state index in [4.69, 9.17) is 18.9 Å². The Hall–Kier alpha value is -4.48. The van der Waals surface area contributed by atoms with Crippen LogP contribution in [0.1, 0.15) is 64.9 Å².